The van der Waals surface area contributed by atoms with Crippen LogP contribution < -0.4 is 0 Å². The molecule has 1 heterocycles. The maximum Gasteiger partial charge on any atom is 0.306 e. The Kier molecular flexibility index (Phi) is 4.49. The van der Waals surface area contributed by atoms with Gasteiger partial charge >= 0.3 is 5.97 Å². The van der Waals surface area contributed by atoms with Gasteiger partial charge in [-0.15, -0.1) is 0 Å². The van der Waals surface area contributed by atoms with Gasteiger partial charge in [0, 0.05) is 11.8 Å². The summed E-state index contributed by atoms with van der Waals surface area (Å²) in [6.07, 6.45) is -2.21. The quantitative estimate of drug-likeness (QED) is 0.713. The van der Waals surface area contributed by atoms with Crippen molar-refractivity contribution in [3.05, 3.63) is 28.0 Å². The van der Waals surface area contributed by atoms with Crippen LogP contribution in [0, 0.1) is 0 Å². The molecular weight excluding hydrogens is 257 g/mol. The summed E-state index contributed by atoms with van der Waals surface area (Å²) in [5.41, 5.74) is 0.0999. The molecule has 0 aliphatic carbocycles. The van der Waals surface area contributed by atoms with E-state index in [9.17, 15) is 15.0 Å². The van der Waals surface area contributed by atoms with E-state index in [4.69, 9.17) is 28.3 Å². The number of hydrogen-bond acceptors (Lipinski definition) is 4. The molecule has 0 aliphatic heterocycles. The number of carbonyl (C=O) groups is 1. The molecule has 0 bridgehead atoms. The molecule has 1 aromatic heterocycles. The summed E-state index contributed by atoms with van der Waals surface area (Å²) >= 11 is 11.3. The van der Waals surface area contributed by atoms with Gasteiger partial charge in [0.2, 0.25) is 0 Å². The van der Waals surface area contributed by atoms with Gasteiger partial charge in [0.1, 0.15) is 11.3 Å². The largest absolute Gasteiger partial charge is 0.481 e. The summed E-state index contributed by atoms with van der Waals surface area (Å²) in [7, 11) is 0. The Hall–Kier alpha value is -0.880. The van der Waals surface area contributed by atoms with E-state index >= 15 is 0 Å². The van der Waals surface area contributed by atoms with Crippen molar-refractivity contribution in [2.75, 3.05) is 0 Å². The van der Waals surface area contributed by atoms with Crippen LogP contribution in [0.1, 0.15) is 18.1 Å². The first-order chi connectivity index (χ1) is 7.41. The molecule has 2 atom stereocenters. The lowest BCUT2D eigenvalue weighted by atomic mass is 10.0. The van der Waals surface area contributed by atoms with Crippen molar-refractivity contribution in [2.45, 2.75) is 18.6 Å². The number of aliphatic hydroxyl groups is 2. The topological polar surface area (TPSA) is 90.7 Å². The fourth-order valence-corrected chi connectivity index (χ4v) is 1.52. The molecular formula is C9H9Cl2NO4. The second kappa shape index (κ2) is 5.45. The number of hydrogen-bond donors (Lipinski definition) is 3. The molecule has 7 heteroatoms. The number of halogens is 2. The van der Waals surface area contributed by atoms with E-state index < -0.39 is 24.6 Å². The van der Waals surface area contributed by atoms with E-state index in [1.54, 1.807) is 0 Å². The highest BCUT2D eigenvalue weighted by atomic mass is 35.5. The third-order valence-corrected chi connectivity index (χ3v) is 2.42. The summed E-state index contributed by atoms with van der Waals surface area (Å²) in [5.74, 6) is -1.22. The fourth-order valence-electron chi connectivity index (χ4n) is 1.14. The average Bonchev–Trinajstić information content (AvgIpc) is 2.19. The van der Waals surface area contributed by atoms with Crippen LogP contribution in [-0.2, 0) is 4.79 Å². The van der Waals surface area contributed by atoms with Crippen molar-refractivity contribution in [1.82, 2.24) is 4.98 Å². The predicted molar refractivity (Wildman–Crippen MR) is 57.5 cm³/mol. The van der Waals surface area contributed by atoms with Crippen molar-refractivity contribution in [2.24, 2.45) is 0 Å². The van der Waals surface area contributed by atoms with Gasteiger partial charge in [-0.3, -0.25) is 4.79 Å². The second-order valence-electron chi connectivity index (χ2n) is 3.14. The number of carboxylic acids is 1. The van der Waals surface area contributed by atoms with Crippen LogP contribution in [-0.4, -0.2) is 32.4 Å². The zero-order chi connectivity index (χ0) is 12.3. The average molecular weight is 266 g/mol. The maximum absolute atomic E-state index is 10.4. The SMILES string of the molecule is O=C(O)CC(O)C(O)c1cc(Cl)cnc1Cl. The van der Waals surface area contributed by atoms with Gasteiger partial charge in [-0.1, -0.05) is 23.2 Å². The molecule has 0 fully saturated rings. The monoisotopic (exact) mass is 265 g/mol. The number of carboxylic acid groups (broad SMARTS) is 1. The van der Waals surface area contributed by atoms with Crippen molar-refractivity contribution in [1.29, 1.82) is 0 Å². The Labute approximate surface area is 101 Å². The molecule has 88 valence electrons. The summed E-state index contributed by atoms with van der Waals surface area (Å²) < 4.78 is 0. The van der Waals surface area contributed by atoms with Gasteiger partial charge < -0.3 is 15.3 Å². The van der Waals surface area contributed by atoms with E-state index in [0.717, 1.165) is 0 Å². The summed E-state index contributed by atoms with van der Waals surface area (Å²) in [5, 5.41) is 27.7. The minimum Gasteiger partial charge on any atom is -0.481 e. The number of aliphatic carboxylic acids is 1. The molecule has 0 saturated heterocycles. The Morgan fingerprint density at radius 1 is 1.44 bits per heavy atom. The highest BCUT2D eigenvalue weighted by molar-refractivity contribution is 6.32. The van der Waals surface area contributed by atoms with Crippen LogP contribution >= 0.6 is 23.2 Å². The van der Waals surface area contributed by atoms with E-state index in [1.807, 2.05) is 0 Å². The maximum atomic E-state index is 10.4. The Morgan fingerprint density at radius 3 is 2.62 bits per heavy atom. The van der Waals surface area contributed by atoms with Crippen LogP contribution in [0.4, 0.5) is 0 Å². The lowest BCUT2D eigenvalue weighted by Gasteiger charge is -2.17. The van der Waals surface area contributed by atoms with Gasteiger partial charge in [0.05, 0.1) is 17.5 Å². The molecule has 2 unspecified atom stereocenters. The number of aliphatic hydroxyl groups excluding tert-OH is 2. The van der Waals surface area contributed by atoms with Gasteiger partial charge in [-0.05, 0) is 6.07 Å². The molecule has 3 N–H and O–H groups in total. The van der Waals surface area contributed by atoms with E-state index in [-0.39, 0.29) is 15.7 Å². The fraction of sp³-hybridized carbons (Fsp3) is 0.333. The zero-order valence-electron chi connectivity index (χ0n) is 7.97. The third-order valence-electron chi connectivity index (χ3n) is 1.90. The summed E-state index contributed by atoms with van der Waals surface area (Å²) in [6.45, 7) is 0. The molecule has 0 spiro atoms. The van der Waals surface area contributed by atoms with Crippen molar-refractivity contribution in [3.63, 3.8) is 0 Å². The number of nitrogens with zero attached hydrogens (tertiary/aromatic N) is 1. The highest BCUT2D eigenvalue weighted by Crippen LogP contribution is 2.27. The minimum absolute atomic E-state index is 0.0265. The van der Waals surface area contributed by atoms with Crippen molar-refractivity contribution in [3.8, 4) is 0 Å². The standard InChI is InChI=1S/C9H9Cl2NO4/c10-4-1-5(9(11)12-3-4)8(16)6(13)2-7(14)15/h1,3,6,8,13,16H,2H2,(H,14,15). The number of pyridine rings is 1. The Bertz CT molecular complexity index is 399. The Morgan fingerprint density at radius 2 is 2.06 bits per heavy atom. The molecule has 0 aromatic carbocycles. The van der Waals surface area contributed by atoms with Crippen LogP contribution in [0.5, 0.6) is 0 Å². The second-order valence-corrected chi connectivity index (χ2v) is 3.94. The van der Waals surface area contributed by atoms with Crippen LogP contribution in [0.3, 0.4) is 0 Å². The first-order valence-corrected chi connectivity index (χ1v) is 5.06. The smallest absolute Gasteiger partial charge is 0.306 e. The van der Waals surface area contributed by atoms with Gasteiger partial charge in [-0.2, -0.15) is 0 Å². The number of rotatable bonds is 4. The van der Waals surface area contributed by atoms with Gasteiger partial charge in [0.15, 0.2) is 0 Å². The summed E-state index contributed by atoms with van der Waals surface area (Å²) in [6, 6.07) is 1.33. The molecule has 0 radical (unpaired) electrons. The molecule has 1 aromatic rings. The number of aromatic nitrogens is 1. The van der Waals surface area contributed by atoms with Gasteiger partial charge in [-0.25, -0.2) is 4.98 Å². The van der Waals surface area contributed by atoms with E-state index in [2.05, 4.69) is 4.98 Å². The minimum atomic E-state index is -1.46. The molecule has 16 heavy (non-hydrogen) atoms. The molecule has 1 rings (SSSR count). The first-order valence-electron chi connectivity index (χ1n) is 4.30. The van der Waals surface area contributed by atoms with Crippen molar-refractivity contribution < 1.29 is 20.1 Å². The molecule has 0 saturated carbocycles. The first kappa shape index (κ1) is 13.2. The van der Waals surface area contributed by atoms with E-state index in [0.29, 0.717) is 0 Å². The third kappa shape index (κ3) is 3.31. The van der Waals surface area contributed by atoms with E-state index in [1.165, 1.54) is 12.3 Å². The normalized spacial score (nSPS) is 14.5. The van der Waals surface area contributed by atoms with Crippen LogP contribution in [0.25, 0.3) is 0 Å². The van der Waals surface area contributed by atoms with Crippen LogP contribution in [0.15, 0.2) is 12.3 Å². The zero-order valence-corrected chi connectivity index (χ0v) is 9.48. The molecule has 5 nitrogen and oxygen atoms in total. The molecule has 0 aliphatic rings. The van der Waals surface area contributed by atoms with Gasteiger partial charge in [0.25, 0.3) is 0 Å². The summed E-state index contributed by atoms with van der Waals surface area (Å²) in [4.78, 5) is 14.0. The molecule has 0 amide bonds. The highest BCUT2D eigenvalue weighted by Gasteiger charge is 2.23. The lowest BCUT2D eigenvalue weighted by Crippen LogP contribution is -2.22. The van der Waals surface area contributed by atoms with Crippen molar-refractivity contribution >= 4 is 29.2 Å². The Balaban J connectivity index is 2.90. The lowest BCUT2D eigenvalue weighted by molar-refractivity contribution is -0.141. The predicted octanol–water partition coefficient (Wildman–Crippen LogP) is 1.26. The van der Waals surface area contributed by atoms with Crippen LogP contribution in [0.2, 0.25) is 10.2 Å².